The van der Waals surface area contributed by atoms with E-state index in [1.54, 1.807) is 0 Å². The SMILES string of the molecule is CN(Cl)C(=O)CCl. The van der Waals surface area contributed by atoms with Gasteiger partial charge in [0, 0.05) is 18.8 Å². The number of rotatable bonds is 1. The number of hydrogen-bond acceptors (Lipinski definition) is 1. The standard InChI is InChI=1S/C3H5Cl2NO/c1-6(5)3(7)2-4/h2H2,1H3. The third-order valence-corrected chi connectivity index (χ3v) is 0.875. The monoisotopic (exact) mass is 141 g/mol. The van der Waals surface area contributed by atoms with Crippen molar-refractivity contribution in [2.45, 2.75) is 0 Å². The van der Waals surface area contributed by atoms with Gasteiger partial charge in [0.2, 0.25) is 0 Å². The lowest BCUT2D eigenvalue weighted by Gasteiger charge is -2.00. The van der Waals surface area contributed by atoms with E-state index in [1.807, 2.05) is 0 Å². The first kappa shape index (κ1) is 7.05. The zero-order valence-corrected chi connectivity index (χ0v) is 5.33. The highest BCUT2D eigenvalue weighted by atomic mass is 35.5. The quantitative estimate of drug-likeness (QED) is 0.392. The van der Waals surface area contributed by atoms with Crippen LogP contribution in [0.4, 0.5) is 0 Å². The lowest BCUT2D eigenvalue weighted by Crippen LogP contribution is -2.16. The molecule has 0 saturated carbocycles. The first-order valence-electron chi connectivity index (χ1n) is 1.66. The molecule has 4 heteroatoms. The molecule has 0 spiro atoms. The minimum atomic E-state index is -0.289. The second-order valence-electron chi connectivity index (χ2n) is 1.00. The molecule has 0 aliphatic rings. The van der Waals surface area contributed by atoms with Gasteiger partial charge < -0.3 is 0 Å². The maximum atomic E-state index is 10.2. The van der Waals surface area contributed by atoms with Crippen molar-refractivity contribution < 1.29 is 4.79 Å². The smallest absolute Gasteiger partial charge is 0.251 e. The molecule has 0 N–H and O–H groups in total. The van der Waals surface area contributed by atoms with Gasteiger partial charge in [0.15, 0.2) is 0 Å². The van der Waals surface area contributed by atoms with Gasteiger partial charge in [-0.05, 0) is 0 Å². The normalized spacial score (nSPS) is 8.43. The molecule has 2 nitrogen and oxygen atoms in total. The average Bonchev–Trinajstić information content (AvgIpc) is 1.65. The Morgan fingerprint density at radius 2 is 2.29 bits per heavy atom. The van der Waals surface area contributed by atoms with Crippen molar-refractivity contribution in [3.05, 3.63) is 0 Å². The number of carbonyl (C=O) groups excluding carboxylic acids is 1. The Morgan fingerprint density at radius 3 is 2.29 bits per heavy atom. The lowest BCUT2D eigenvalue weighted by molar-refractivity contribution is -0.123. The Kier molecular flexibility index (Phi) is 3.13. The van der Waals surface area contributed by atoms with Crippen LogP contribution >= 0.6 is 23.4 Å². The summed E-state index contributed by atoms with van der Waals surface area (Å²) in [6.45, 7) is 0. The summed E-state index contributed by atoms with van der Waals surface area (Å²) in [7, 11) is 1.44. The summed E-state index contributed by atoms with van der Waals surface area (Å²) in [6, 6.07) is 0. The van der Waals surface area contributed by atoms with Gasteiger partial charge in [0.25, 0.3) is 5.91 Å². The van der Waals surface area contributed by atoms with Crippen LogP contribution in [0.25, 0.3) is 0 Å². The Morgan fingerprint density at radius 1 is 1.86 bits per heavy atom. The summed E-state index contributed by atoms with van der Waals surface area (Å²) in [4.78, 5) is 10.2. The number of alkyl halides is 1. The summed E-state index contributed by atoms with van der Waals surface area (Å²) in [5, 5.41) is 0. The molecule has 0 saturated heterocycles. The van der Waals surface area contributed by atoms with Crippen molar-refractivity contribution in [3.8, 4) is 0 Å². The van der Waals surface area contributed by atoms with E-state index >= 15 is 0 Å². The molecule has 0 aliphatic carbocycles. The fourth-order valence-electron chi connectivity index (χ4n) is 0.0823. The van der Waals surface area contributed by atoms with E-state index in [9.17, 15) is 4.79 Å². The van der Waals surface area contributed by atoms with Crippen LogP contribution in [0.2, 0.25) is 0 Å². The van der Waals surface area contributed by atoms with E-state index in [2.05, 4.69) is 0 Å². The van der Waals surface area contributed by atoms with Crippen molar-refractivity contribution in [2.75, 3.05) is 12.9 Å². The van der Waals surface area contributed by atoms with Crippen LogP contribution in [0.3, 0.4) is 0 Å². The highest BCUT2D eigenvalue weighted by molar-refractivity contribution is 6.31. The average molecular weight is 142 g/mol. The van der Waals surface area contributed by atoms with E-state index < -0.39 is 0 Å². The number of hydrogen-bond donors (Lipinski definition) is 0. The van der Waals surface area contributed by atoms with Gasteiger partial charge >= 0.3 is 0 Å². The zero-order chi connectivity index (χ0) is 5.86. The van der Waals surface area contributed by atoms with Crippen molar-refractivity contribution in [1.82, 2.24) is 4.42 Å². The second kappa shape index (κ2) is 3.10. The van der Waals surface area contributed by atoms with Crippen molar-refractivity contribution in [1.29, 1.82) is 0 Å². The highest BCUT2D eigenvalue weighted by Crippen LogP contribution is 1.89. The van der Waals surface area contributed by atoms with Crippen LogP contribution in [-0.4, -0.2) is 23.3 Å². The van der Waals surface area contributed by atoms with Gasteiger partial charge in [-0.3, -0.25) is 9.21 Å². The van der Waals surface area contributed by atoms with Crippen molar-refractivity contribution in [2.24, 2.45) is 0 Å². The predicted molar refractivity (Wildman–Crippen MR) is 29.3 cm³/mol. The molecule has 42 valence electrons. The Balaban J connectivity index is 3.35. The molecule has 0 fully saturated rings. The first-order chi connectivity index (χ1) is 3.18. The Labute approximate surface area is 52.1 Å². The van der Waals surface area contributed by atoms with Gasteiger partial charge in [-0.15, -0.1) is 11.6 Å². The minimum absolute atomic E-state index is 0.0556. The maximum Gasteiger partial charge on any atom is 0.251 e. The molecule has 0 aromatic carbocycles. The van der Waals surface area contributed by atoms with Crippen LogP contribution in [0.1, 0.15) is 0 Å². The largest absolute Gasteiger partial charge is 0.272 e. The van der Waals surface area contributed by atoms with Crippen LogP contribution < -0.4 is 0 Å². The van der Waals surface area contributed by atoms with Crippen LogP contribution in [0.5, 0.6) is 0 Å². The molecule has 0 atom stereocenters. The summed E-state index contributed by atoms with van der Waals surface area (Å²) in [5.74, 6) is -0.344. The fraction of sp³-hybridized carbons (Fsp3) is 0.667. The highest BCUT2D eigenvalue weighted by Gasteiger charge is 1.99. The van der Waals surface area contributed by atoms with Gasteiger partial charge in [0.1, 0.15) is 5.88 Å². The van der Waals surface area contributed by atoms with E-state index in [0.29, 0.717) is 0 Å². The first-order valence-corrected chi connectivity index (χ1v) is 2.54. The summed E-state index contributed by atoms with van der Waals surface area (Å²) in [5.41, 5.74) is 0. The molecule has 0 heterocycles. The zero-order valence-electron chi connectivity index (χ0n) is 3.82. The fourth-order valence-corrected chi connectivity index (χ4v) is 0.383. The lowest BCUT2D eigenvalue weighted by atomic mass is 10.7. The molecular weight excluding hydrogens is 137 g/mol. The number of amides is 1. The third kappa shape index (κ3) is 2.71. The molecule has 0 unspecified atom stereocenters. The van der Waals surface area contributed by atoms with E-state index in [4.69, 9.17) is 23.4 Å². The van der Waals surface area contributed by atoms with Gasteiger partial charge in [-0.25, -0.2) is 0 Å². The number of carbonyl (C=O) groups is 1. The summed E-state index contributed by atoms with van der Waals surface area (Å²) in [6.07, 6.45) is 0. The van der Waals surface area contributed by atoms with E-state index in [-0.39, 0.29) is 11.8 Å². The molecule has 1 amide bonds. The molecule has 7 heavy (non-hydrogen) atoms. The van der Waals surface area contributed by atoms with Crippen molar-refractivity contribution >= 4 is 29.3 Å². The number of nitrogens with zero attached hydrogens (tertiary/aromatic N) is 1. The number of halogens is 2. The Bertz CT molecular complexity index is 73.3. The molecular formula is C3H5Cl2NO. The summed E-state index contributed by atoms with van der Waals surface area (Å²) < 4.78 is 0.924. The van der Waals surface area contributed by atoms with E-state index in [0.717, 1.165) is 4.42 Å². The topological polar surface area (TPSA) is 20.3 Å². The minimum Gasteiger partial charge on any atom is -0.272 e. The Hall–Kier alpha value is 0.0500. The van der Waals surface area contributed by atoms with Gasteiger partial charge in [-0.1, -0.05) is 0 Å². The maximum absolute atomic E-state index is 10.2. The van der Waals surface area contributed by atoms with Gasteiger partial charge in [-0.2, -0.15) is 0 Å². The molecule has 0 rings (SSSR count). The molecule has 0 radical (unpaired) electrons. The summed E-state index contributed by atoms with van der Waals surface area (Å²) >= 11 is 10.2. The molecule has 0 aliphatic heterocycles. The van der Waals surface area contributed by atoms with E-state index in [1.165, 1.54) is 7.05 Å². The molecule has 0 aromatic rings. The molecule has 0 aromatic heterocycles. The molecule has 0 bridgehead atoms. The van der Waals surface area contributed by atoms with Crippen LogP contribution in [0, 0.1) is 0 Å². The second-order valence-corrected chi connectivity index (χ2v) is 1.78. The van der Waals surface area contributed by atoms with Gasteiger partial charge in [0.05, 0.1) is 0 Å². The predicted octanol–water partition coefficient (Wildman–Crippen LogP) is 0.837. The van der Waals surface area contributed by atoms with Crippen LogP contribution in [-0.2, 0) is 4.79 Å². The van der Waals surface area contributed by atoms with Crippen LogP contribution in [0.15, 0.2) is 0 Å². The third-order valence-electron chi connectivity index (χ3n) is 0.458. The van der Waals surface area contributed by atoms with Crippen molar-refractivity contribution in [3.63, 3.8) is 0 Å².